The Morgan fingerprint density at radius 3 is 2.53 bits per heavy atom. The lowest BCUT2D eigenvalue weighted by molar-refractivity contribution is 0.0991. The van der Waals surface area contributed by atoms with Crippen LogP contribution in [0.25, 0.3) is 0 Å². The summed E-state index contributed by atoms with van der Waals surface area (Å²) in [5.74, 6) is 1.40. The highest BCUT2D eigenvalue weighted by Gasteiger charge is 2.24. The minimum Gasteiger partial charge on any atom is -0.381 e. The van der Waals surface area contributed by atoms with Crippen LogP contribution in [0.5, 0.6) is 0 Å². The Bertz CT molecular complexity index is 229. The van der Waals surface area contributed by atoms with Crippen LogP contribution in [-0.4, -0.2) is 41.0 Å². The van der Waals surface area contributed by atoms with E-state index in [0.717, 1.165) is 44.8 Å². The summed E-state index contributed by atoms with van der Waals surface area (Å²) >= 11 is 0. The Hall–Kier alpha value is 0.0700. The van der Waals surface area contributed by atoms with Crippen LogP contribution in [0.2, 0.25) is 0 Å². The molecule has 0 aromatic rings. The van der Waals surface area contributed by atoms with Crippen LogP contribution in [0.3, 0.4) is 0 Å². The van der Waals surface area contributed by atoms with Crippen LogP contribution in [0.4, 0.5) is 0 Å². The standard InChI is InChI=1S/C13H27NO2S/c1-4-11(3)13(14-5-2)10-17(15)12-6-8-16-9-7-12/h11-14H,4-10H2,1-3H3. The van der Waals surface area contributed by atoms with E-state index in [9.17, 15) is 4.21 Å². The largest absolute Gasteiger partial charge is 0.381 e. The van der Waals surface area contributed by atoms with Crippen LogP contribution in [0.1, 0.15) is 40.0 Å². The van der Waals surface area contributed by atoms with Crippen LogP contribution in [-0.2, 0) is 15.5 Å². The van der Waals surface area contributed by atoms with Gasteiger partial charge in [-0.05, 0) is 25.3 Å². The molecule has 1 aliphatic heterocycles. The molecule has 1 heterocycles. The molecular formula is C13H27NO2S. The van der Waals surface area contributed by atoms with Crippen molar-refractivity contribution in [2.45, 2.75) is 51.3 Å². The fourth-order valence-corrected chi connectivity index (χ4v) is 4.01. The van der Waals surface area contributed by atoms with Crippen molar-refractivity contribution in [3.05, 3.63) is 0 Å². The van der Waals surface area contributed by atoms with Crippen molar-refractivity contribution in [1.29, 1.82) is 0 Å². The molecule has 0 aliphatic carbocycles. The molecule has 1 N–H and O–H groups in total. The van der Waals surface area contributed by atoms with Crippen LogP contribution >= 0.6 is 0 Å². The van der Waals surface area contributed by atoms with Crippen LogP contribution in [0.15, 0.2) is 0 Å². The smallest absolute Gasteiger partial charge is 0.0477 e. The van der Waals surface area contributed by atoms with E-state index in [1.165, 1.54) is 0 Å². The second-order valence-corrected chi connectivity index (χ2v) is 6.67. The van der Waals surface area contributed by atoms with Crippen molar-refractivity contribution >= 4 is 10.8 Å². The van der Waals surface area contributed by atoms with E-state index in [2.05, 4.69) is 26.1 Å². The maximum absolute atomic E-state index is 12.3. The number of rotatable bonds is 7. The minimum atomic E-state index is -0.703. The second kappa shape index (κ2) is 8.22. The molecule has 0 saturated carbocycles. The lowest BCUT2D eigenvalue weighted by Crippen LogP contribution is -2.41. The molecule has 1 aliphatic rings. The summed E-state index contributed by atoms with van der Waals surface area (Å²) < 4.78 is 17.6. The molecule has 0 radical (unpaired) electrons. The monoisotopic (exact) mass is 261 g/mol. The lowest BCUT2D eigenvalue weighted by Gasteiger charge is -2.27. The van der Waals surface area contributed by atoms with Crippen molar-refractivity contribution in [3.8, 4) is 0 Å². The van der Waals surface area contributed by atoms with Gasteiger partial charge in [0.25, 0.3) is 0 Å². The van der Waals surface area contributed by atoms with E-state index in [0.29, 0.717) is 17.2 Å². The van der Waals surface area contributed by atoms with Gasteiger partial charge in [-0.1, -0.05) is 27.2 Å². The van der Waals surface area contributed by atoms with Gasteiger partial charge in [0.2, 0.25) is 0 Å². The molecule has 0 bridgehead atoms. The molecule has 1 fully saturated rings. The van der Waals surface area contributed by atoms with Crippen molar-refractivity contribution in [3.63, 3.8) is 0 Å². The predicted octanol–water partition coefficient (Wildman–Crippen LogP) is 1.94. The number of nitrogens with one attached hydrogen (secondary N) is 1. The zero-order chi connectivity index (χ0) is 12.7. The average Bonchev–Trinajstić information content (AvgIpc) is 2.38. The molecule has 17 heavy (non-hydrogen) atoms. The van der Waals surface area contributed by atoms with Crippen molar-refractivity contribution in [2.75, 3.05) is 25.5 Å². The fourth-order valence-electron chi connectivity index (χ4n) is 2.22. The third kappa shape index (κ3) is 5.06. The van der Waals surface area contributed by atoms with Crippen molar-refractivity contribution < 1.29 is 8.95 Å². The van der Waals surface area contributed by atoms with Gasteiger partial charge in [-0.15, -0.1) is 0 Å². The molecule has 0 aromatic heterocycles. The third-order valence-electron chi connectivity index (χ3n) is 3.68. The van der Waals surface area contributed by atoms with E-state index in [-0.39, 0.29) is 0 Å². The quantitative estimate of drug-likeness (QED) is 0.761. The number of hydrogen-bond donors (Lipinski definition) is 1. The first kappa shape index (κ1) is 15.1. The molecule has 102 valence electrons. The van der Waals surface area contributed by atoms with Gasteiger partial charge in [0.05, 0.1) is 0 Å². The van der Waals surface area contributed by atoms with Gasteiger partial charge in [-0.2, -0.15) is 0 Å². The Morgan fingerprint density at radius 2 is 2.00 bits per heavy atom. The molecule has 4 heteroatoms. The van der Waals surface area contributed by atoms with E-state index in [1.54, 1.807) is 0 Å². The lowest BCUT2D eigenvalue weighted by atomic mass is 10.0. The summed E-state index contributed by atoms with van der Waals surface area (Å²) in [5.41, 5.74) is 0. The minimum absolute atomic E-state index is 0.356. The summed E-state index contributed by atoms with van der Waals surface area (Å²) in [5, 5.41) is 3.83. The molecule has 1 saturated heterocycles. The first-order chi connectivity index (χ1) is 8.19. The highest BCUT2D eigenvalue weighted by atomic mass is 32.2. The predicted molar refractivity (Wildman–Crippen MR) is 73.8 cm³/mol. The molecule has 0 amide bonds. The highest BCUT2D eigenvalue weighted by molar-refractivity contribution is 7.85. The SMILES string of the molecule is CCNC(CS(=O)C1CCOCC1)C(C)CC. The van der Waals surface area contributed by atoms with E-state index >= 15 is 0 Å². The average molecular weight is 261 g/mol. The van der Waals surface area contributed by atoms with Gasteiger partial charge >= 0.3 is 0 Å². The Kier molecular flexibility index (Phi) is 7.32. The molecule has 0 spiro atoms. The van der Waals surface area contributed by atoms with Gasteiger partial charge in [0, 0.05) is 41.1 Å². The van der Waals surface area contributed by atoms with Crippen LogP contribution in [0, 0.1) is 5.92 Å². The van der Waals surface area contributed by atoms with Gasteiger partial charge in [-0.3, -0.25) is 4.21 Å². The zero-order valence-electron chi connectivity index (χ0n) is 11.4. The van der Waals surface area contributed by atoms with E-state index < -0.39 is 10.8 Å². The molecule has 0 aromatic carbocycles. The summed E-state index contributed by atoms with van der Waals surface area (Å²) in [6.07, 6.45) is 3.07. The summed E-state index contributed by atoms with van der Waals surface area (Å²) in [7, 11) is -0.703. The first-order valence-electron chi connectivity index (χ1n) is 6.87. The Balaban J connectivity index is 2.44. The van der Waals surface area contributed by atoms with Crippen LogP contribution < -0.4 is 5.32 Å². The zero-order valence-corrected chi connectivity index (χ0v) is 12.2. The topological polar surface area (TPSA) is 38.3 Å². The van der Waals surface area contributed by atoms with Gasteiger partial charge in [-0.25, -0.2) is 0 Å². The highest BCUT2D eigenvalue weighted by Crippen LogP contribution is 2.17. The summed E-state index contributed by atoms with van der Waals surface area (Å²) in [4.78, 5) is 0. The Labute approximate surface area is 108 Å². The number of hydrogen-bond acceptors (Lipinski definition) is 3. The normalized spacial score (nSPS) is 23.2. The van der Waals surface area contributed by atoms with Crippen molar-refractivity contribution in [2.24, 2.45) is 5.92 Å². The maximum Gasteiger partial charge on any atom is 0.0477 e. The third-order valence-corrected chi connectivity index (χ3v) is 5.58. The molecule has 1 rings (SSSR count). The second-order valence-electron chi connectivity index (χ2n) is 4.91. The van der Waals surface area contributed by atoms with Gasteiger partial charge in [0.15, 0.2) is 0 Å². The van der Waals surface area contributed by atoms with E-state index in [4.69, 9.17) is 4.74 Å². The number of ether oxygens (including phenoxy) is 1. The summed E-state index contributed by atoms with van der Waals surface area (Å²) in [6.45, 7) is 9.09. The van der Waals surface area contributed by atoms with Gasteiger partial charge < -0.3 is 10.1 Å². The summed E-state index contributed by atoms with van der Waals surface area (Å²) in [6, 6.07) is 0.397. The molecule has 3 nitrogen and oxygen atoms in total. The van der Waals surface area contributed by atoms with Crippen molar-refractivity contribution in [1.82, 2.24) is 5.32 Å². The van der Waals surface area contributed by atoms with E-state index in [1.807, 2.05) is 0 Å². The van der Waals surface area contributed by atoms with Gasteiger partial charge in [0.1, 0.15) is 0 Å². The fraction of sp³-hybridized carbons (Fsp3) is 1.00. The maximum atomic E-state index is 12.3. The molecule has 3 atom stereocenters. The first-order valence-corrected chi connectivity index (χ1v) is 8.25. The Morgan fingerprint density at radius 1 is 1.35 bits per heavy atom. The molecule has 3 unspecified atom stereocenters. The molecular weight excluding hydrogens is 234 g/mol.